The quantitative estimate of drug-likeness (QED) is 0.530. The number of aryl methyl sites for hydroxylation is 2. The molecule has 0 unspecified atom stereocenters. The van der Waals surface area contributed by atoms with Crippen molar-refractivity contribution in [2.24, 2.45) is 5.92 Å². The summed E-state index contributed by atoms with van der Waals surface area (Å²) in [6, 6.07) is 10.8. The van der Waals surface area contributed by atoms with E-state index in [2.05, 4.69) is 11.4 Å². The molecule has 0 bridgehead atoms. The number of ether oxygens (including phenoxy) is 1. The molecule has 0 aliphatic carbocycles. The summed E-state index contributed by atoms with van der Waals surface area (Å²) < 4.78 is 5.93. The number of benzene rings is 2. The number of carbonyl (C=O) groups excluding carboxylic acids is 2. The van der Waals surface area contributed by atoms with Crippen LogP contribution in [-0.2, 0) is 16.1 Å². The molecule has 174 valence electrons. The summed E-state index contributed by atoms with van der Waals surface area (Å²) in [4.78, 5) is 27.8. The third kappa shape index (κ3) is 7.27. The summed E-state index contributed by atoms with van der Waals surface area (Å²) in [5.41, 5.74) is 4.10. The molecule has 2 aromatic rings. The van der Waals surface area contributed by atoms with Crippen molar-refractivity contribution in [1.82, 2.24) is 10.2 Å². The van der Waals surface area contributed by atoms with Gasteiger partial charge in [-0.2, -0.15) is 0 Å². The van der Waals surface area contributed by atoms with Gasteiger partial charge < -0.3 is 15.0 Å². The van der Waals surface area contributed by atoms with Gasteiger partial charge in [0.1, 0.15) is 11.8 Å². The molecule has 2 aromatic carbocycles. The van der Waals surface area contributed by atoms with E-state index in [1.165, 1.54) is 0 Å². The maximum Gasteiger partial charge on any atom is 0.261 e. The largest absolute Gasteiger partial charge is 0.483 e. The summed E-state index contributed by atoms with van der Waals surface area (Å²) in [5.74, 6) is 0.642. The molecular weight excluding hydrogens is 424 g/mol. The van der Waals surface area contributed by atoms with Crippen LogP contribution in [0.2, 0.25) is 5.02 Å². The average Bonchev–Trinajstić information content (AvgIpc) is 2.74. The SMILES string of the molecule is CC[C@@H](C(=O)NCC(C)C)N(Cc1ccc(Cl)cc1)C(=O)COc1cc(C)cc(C)c1C. The van der Waals surface area contributed by atoms with E-state index >= 15 is 0 Å². The summed E-state index contributed by atoms with van der Waals surface area (Å²) in [6.07, 6.45) is 0.506. The molecule has 1 N–H and O–H groups in total. The van der Waals surface area contributed by atoms with E-state index in [9.17, 15) is 9.59 Å². The van der Waals surface area contributed by atoms with E-state index in [1.54, 1.807) is 17.0 Å². The Balaban J connectivity index is 2.24. The van der Waals surface area contributed by atoms with Crippen molar-refractivity contribution in [3.8, 4) is 5.75 Å². The molecule has 0 aliphatic heterocycles. The summed E-state index contributed by atoms with van der Waals surface area (Å²) >= 11 is 6.02. The number of hydrogen-bond acceptors (Lipinski definition) is 3. The van der Waals surface area contributed by atoms with Gasteiger partial charge in [0.15, 0.2) is 6.61 Å². The van der Waals surface area contributed by atoms with E-state index in [1.807, 2.05) is 59.7 Å². The smallest absolute Gasteiger partial charge is 0.261 e. The Morgan fingerprint density at radius 1 is 1.09 bits per heavy atom. The highest BCUT2D eigenvalue weighted by atomic mass is 35.5. The Morgan fingerprint density at radius 3 is 2.34 bits per heavy atom. The Kier molecular flexibility index (Phi) is 9.58. The van der Waals surface area contributed by atoms with Gasteiger partial charge in [0.25, 0.3) is 5.91 Å². The van der Waals surface area contributed by atoms with Gasteiger partial charge in [-0.3, -0.25) is 9.59 Å². The van der Waals surface area contributed by atoms with E-state index in [4.69, 9.17) is 16.3 Å². The molecule has 0 aliphatic rings. The van der Waals surface area contributed by atoms with Crippen molar-refractivity contribution in [3.63, 3.8) is 0 Å². The fourth-order valence-electron chi connectivity index (χ4n) is 3.50. The van der Waals surface area contributed by atoms with Crippen LogP contribution in [0.3, 0.4) is 0 Å². The number of nitrogens with one attached hydrogen (secondary N) is 1. The predicted molar refractivity (Wildman–Crippen MR) is 130 cm³/mol. The van der Waals surface area contributed by atoms with Crippen LogP contribution in [0.25, 0.3) is 0 Å². The van der Waals surface area contributed by atoms with Gasteiger partial charge in [0.05, 0.1) is 0 Å². The molecule has 0 radical (unpaired) electrons. The lowest BCUT2D eigenvalue weighted by atomic mass is 10.1. The van der Waals surface area contributed by atoms with Crippen LogP contribution < -0.4 is 10.1 Å². The lowest BCUT2D eigenvalue weighted by molar-refractivity contribution is -0.143. The second-order valence-corrected chi connectivity index (χ2v) is 9.14. The standard InChI is InChI=1S/C26H35ClN2O3/c1-7-23(26(31)28-14-17(2)3)29(15-21-8-10-22(27)11-9-21)25(30)16-32-24-13-18(4)12-19(5)20(24)6/h8-13,17,23H,7,14-16H2,1-6H3,(H,28,31)/t23-/m0/s1. The first-order valence-corrected chi connectivity index (χ1v) is 11.5. The van der Waals surface area contributed by atoms with E-state index in [0.717, 1.165) is 22.3 Å². The topological polar surface area (TPSA) is 58.6 Å². The average molecular weight is 459 g/mol. The van der Waals surface area contributed by atoms with Gasteiger partial charge in [0, 0.05) is 18.1 Å². The minimum atomic E-state index is -0.583. The second kappa shape index (κ2) is 11.9. The fourth-order valence-corrected chi connectivity index (χ4v) is 3.63. The van der Waals surface area contributed by atoms with Gasteiger partial charge in [-0.25, -0.2) is 0 Å². The number of nitrogens with zero attached hydrogens (tertiary/aromatic N) is 1. The van der Waals surface area contributed by atoms with Crippen molar-refractivity contribution in [2.45, 2.75) is 60.5 Å². The normalized spacial score (nSPS) is 11.9. The third-order valence-corrected chi connectivity index (χ3v) is 5.70. The molecular formula is C26H35ClN2O3. The zero-order valence-corrected chi connectivity index (χ0v) is 20.8. The molecule has 0 fully saturated rings. The van der Waals surface area contributed by atoms with Crippen LogP contribution in [0.1, 0.15) is 49.4 Å². The Morgan fingerprint density at radius 2 is 1.75 bits per heavy atom. The Bertz CT molecular complexity index is 925. The molecule has 1 atom stereocenters. The van der Waals surface area contributed by atoms with E-state index < -0.39 is 6.04 Å². The molecule has 32 heavy (non-hydrogen) atoms. The van der Waals surface area contributed by atoms with Crippen molar-refractivity contribution in [1.29, 1.82) is 0 Å². The predicted octanol–water partition coefficient (Wildman–Crippen LogP) is 5.22. The first kappa shape index (κ1) is 25.7. The van der Waals surface area contributed by atoms with Crippen LogP contribution in [0, 0.1) is 26.7 Å². The monoisotopic (exact) mass is 458 g/mol. The third-order valence-electron chi connectivity index (χ3n) is 5.45. The van der Waals surface area contributed by atoms with Crippen LogP contribution in [0.5, 0.6) is 5.75 Å². The molecule has 0 aromatic heterocycles. The molecule has 0 saturated carbocycles. The van der Waals surface area contributed by atoms with Crippen molar-refractivity contribution >= 4 is 23.4 Å². The molecule has 2 amide bonds. The molecule has 0 spiro atoms. The zero-order chi connectivity index (χ0) is 23.8. The lowest BCUT2D eigenvalue weighted by Gasteiger charge is -2.31. The maximum absolute atomic E-state index is 13.3. The van der Waals surface area contributed by atoms with Crippen LogP contribution in [0.15, 0.2) is 36.4 Å². The van der Waals surface area contributed by atoms with Gasteiger partial charge >= 0.3 is 0 Å². The summed E-state index contributed by atoms with van der Waals surface area (Å²) in [5, 5.41) is 3.59. The van der Waals surface area contributed by atoms with Gasteiger partial charge in [-0.1, -0.05) is 50.6 Å². The second-order valence-electron chi connectivity index (χ2n) is 8.70. The molecule has 6 heteroatoms. The lowest BCUT2D eigenvalue weighted by Crippen LogP contribution is -2.50. The fraction of sp³-hybridized carbons (Fsp3) is 0.462. The minimum Gasteiger partial charge on any atom is -0.483 e. The highest BCUT2D eigenvalue weighted by molar-refractivity contribution is 6.30. The molecule has 0 heterocycles. The first-order chi connectivity index (χ1) is 15.1. The molecule has 2 rings (SSSR count). The Hall–Kier alpha value is -2.53. The van der Waals surface area contributed by atoms with Crippen LogP contribution in [-0.4, -0.2) is 35.9 Å². The number of halogens is 1. The van der Waals surface area contributed by atoms with E-state index in [0.29, 0.717) is 36.2 Å². The number of hydrogen-bond donors (Lipinski definition) is 1. The van der Waals surface area contributed by atoms with E-state index in [-0.39, 0.29) is 18.4 Å². The number of carbonyl (C=O) groups is 2. The van der Waals surface area contributed by atoms with Crippen molar-refractivity contribution < 1.29 is 14.3 Å². The first-order valence-electron chi connectivity index (χ1n) is 11.1. The van der Waals surface area contributed by atoms with Crippen LogP contribution in [0.4, 0.5) is 0 Å². The van der Waals surface area contributed by atoms with Gasteiger partial charge in [0.2, 0.25) is 5.91 Å². The van der Waals surface area contributed by atoms with Crippen LogP contribution >= 0.6 is 11.6 Å². The zero-order valence-electron chi connectivity index (χ0n) is 20.0. The summed E-state index contributed by atoms with van der Waals surface area (Å²) in [6.45, 7) is 12.7. The number of amides is 2. The highest BCUT2D eigenvalue weighted by Crippen LogP contribution is 2.24. The molecule has 5 nitrogen and oxygen atoms in total. The maximum atomic E-state index is 13.3. The van der Waals surface area contributed by atoms with Gasteiger partial charge in [-0.15, -0.1) is 0 Å². The number of rotatable bonds is 10. The van der Waals surface area contributed by atoms with Crippen molar-refractivity contribution in [2.75, 3.05) is 13.2 Å². The minimum absolute atomic E-state index is 0.134. The molecule has 0 saturated heterocycles. The highest BCUT2D eigenvalue weighted by Gasteiger charge is 2.29. The van der Waals surface area contributed by atoms with Gasteiger partial charge in [-0.05, 0) is 73.6 Å². The Labute approximate surface area is 197 Å². The van der Waals surface area contributed by atoms with Crippen molar-refractivity contribution in [3.05, 3.63) is 63.7 Å². The summed E-state index contributed by atoms with van der Waals surface area (Å²) in [7, 11) is 0.